The molecule has 1 saturated heterocycles. The molecule has 1 aliphatic carbocycles. The van der Waals surface area contributed by atoms with Gasteiger partial charge in [-0.3, -0.25) is 4.79 Å². The highest BCUT2D eigenvalue weighted by Crippen LogP contribution is 2.40. The van der Waals surface area contributed by atoms with E-state index in [2.05, 4.69) is 4.98 Å². The molecule has 0 radical (unpaired) electrons. The highest BCUT2D eigenvalue weighted by atomic mass is 16.7. The van der Waals surface area contributed by atoms with Crippen LogP contribution in [0.1, 0.15) is 23.5 Å². The molecule has 0 bridgehead atoms. The summed E-state index contributed by atoms with van der Waals surface area (Å²) < 4.78 is 22.5. The molecule has 3 heterocycles. The Kier molecular flexibility index (Phi) is 4.27. The number of nitrogens with zero attached hydrogens (tertiary/aromatic N) is 2. The first-order valence-corrected chi connectivity index (χ1v) is 10.5. The van der Waals surface area contributed by atoms with Gasteiger partial charge in [0.2, 0.25) is 6.79 Å². The van der Waals surface area contributed by atoms with E-state index in [4.69, 9.17) is 18.6 Å². The summed E-state index contributed by atoms with van der Waals surface area (Å²) in [5.74, 6) is 2.40. The molecule has 0 spiro atoms. The number of oxazole rings is 1. The third kappa shape index (κ3) is 3.27. The SMILES string of the molecule is O=C(c1nc2ccccc2o1)N1C[C@H]2C[C@@H](Oc3ccc4c(c3)OCO4)[C@H](O)C[C@H]2C1. The minimum atomic E-state index is -0.592. The molecule has 8 nitrogen and oxygen atoms in total. The van der Waals surface area contributed by atoms with Gasteiger partial charge in [-0.15, -0.1) is 0 Å². The maximum absolute atomic E-state index is 13.0. The zero-order valence-corrected chi connectivity index (χ0v) is 16.8. The number of hydrogen-bond donors (Lipinski definition) is 1. The summed E-state index contributed by atoms with van der Waals surface area (Å²) in [6, 6.07) is 12.8. The molecule has 2 aliphatic heterocycles. The molecule has 1 saturated carbocycles. The van der Waals surface area contributed by atoms with Crippen molar-refractivity contribution in [2.75, 3.05) is 19.9 Å². The molecule has 2 fully saturated rings. The Balaban J connectivity index is 1.15. The van der Waals surface area contributed by atoms with Crippen molar-refractivity contribution >= 4 is 17.0 Å². The van der Waals surface area contributed by atoms with Crippen LogP contribution in [0.15, 0.2) is 46.9 Å². The van der Waals surface area contributed by atoms with Crippen molar-refractivity contribution in [2.24, 2.45) is 11.8 Å². The predicted molar refractivity (Wildman–Crippen MR) is 109 cm³/mol. The van der Waals surface area contributed by atoms with Crippen molar-refractivity contribution in [2.45, 2.75) is 25.0 Å². The molecule has 31 heavy (non-hydrogen) atoms. The summed E-state index contributed by atoms with van der Waals surface area (Å²) in [5, 5.41) is 10.7. The summed E-state index contributed by atoms with van der Waals surface area (Å²) in [5.41, 5.74) is 1.28. The van der Waals surface area contributed by atoms with E-state index in [-0.39, 0.29) is 36.5 Å². The summed E-state index contributed by atoms with van der Waals surface area (Å²) in [4.78, 5) is 19.1. The van der Waals surface area contributed by atoms with Crippen LogP contribution in [-0.2, 0) is 0 Å². The zero-order valence-electron chi connectivity index (χ0n) is 16.8. The largest absolute Gasteiger partial charge is 0.488 e. The van der Waals surface area contributed by atoms with Gasteiger partial charge >= 0.3 is 5.91 Å². The van der Waals surface area contributed by atoms with Gasteiger partial charge in [-0.1, -0.05) is 12.1 Å². The summed E-state index contributed by atoms with van der Waals surface area (Å²) in [6.45, 7) is 1.41. The van der Waals surface area contributed by atoms with Crippen molar-refractivity contribution < 1.29 is 28.5 Å². The predicted octanol–water partition coefficient (Wildman–Crippen LogP) is 2.85. The summed E-state index contributed by atoms with van der Waals surface area (Å²) in [6.07, 6.45) is 0.349. The first-order valence-electron chi connectivity index (χ1n) is 10.5. The van der Waals surface area contributed by atoms with Crippen molar-refractivity contribution in [3.8, 4) is 17.2 Å². The Morgan fingerprint density at radius 1 is 1.06 bits per heavy atom. The molecule has 3 aliphatic rings. The van der Waals surface area contributed by atoms with Gasteiger partial charge in [0, 0.05) is 19.2 Å². The number of hydrogen-bond acceptors (Lipinski definition) is 7. The van der Waals surface area contributed by atoms with Crippen LogP contribution in [0.5, 0.6) is 17.2 Å². The van der Waals surface area contributed by atoms with Crippen LogP contribution >= 0.6 is 0 Å². The van der Waals surface area contributed by atoms with Gasteiger partial charge in [-0.05, 0) is 48.9 Å². The number of amides is 1. The van der Waals surface area contributed by atoms with E-state index in [0.717, 1.165) is 0 Å². The lowest BCUT2D eigenvalue weighted by Gasteiger charge is -2.35. The van der Waals surface area contributed by atoms with E-state index < -0.39 is 6.10 Å². The smallest absolute Gasteiger partial charge is 0.309 e. The Bertz CT molecular complexity index is 1110. The average Bonchev–Trinajstić information content (AvgIpc) is 3.50. The topological polar surface area (TPSA) is 94.3 Å². The van der Waals surface area contributed by atoms with Gasteiger partial charge in [0.05, 0.1) is 6.10 Å². The van der Waals surface area contributed by atoms with E-state index in [9.17, 15) is 9.90 Å². The lowest BCUT2D eigenvalue weighted by molar-refractivity contribution is -0.0232. The monoisotopic (exact) mass is 422 g/mol. The van der Waals surface area contributed by atoms with Crippen LogP contribution in [0.3, 0.4) is 0 Å². The lowest BCUT2D eigenvalue weighted by Crippen LogP contribution is -2.42. The second kappa shape index (κ2) is 7.16. The van der Waals surface area contributed by atoms with E-state index in [0.29, 0.717) is 54.3 Å². The molecule has 6 rings (SSSR count). The highest BCUT2D eigenvalue weighted by molar-refractivity contribution is 5.92. The number of aromatic nitrogens is 1. The minimum absolute atomic E-state index is 0.119. The lowest BCUT2D eigenvalue weighted by atomic mass is 9.78. The fraction of sp³-hybridized carbons (Fsp3) is 0.391. The molecule has 4 atom stereocenters. The number of rotatable bonds is 3. The van der Waals surface area contributed by atoms with Crippen molar-refractivity contribution in [1.82, 2.24) is 9.88 Å². The second-order valence-electron chi connectivity index (χ2n) is 8.43. The zero-order chi connectivity index (χ0) is 20.9. The molecule has 3 aromatic rings. The molecular formula is C23H22N2O6. The molecule has 8 heteroatoms. The van der Waals surface area contributed by atoms with Gasteiger partial charge in [0.25, 0.3) is 5.89 Å². The van der Waals surface area contributed by atoms with Crippen LogP contribution in [-0.4, -0.2) is 53.0 Å². The van der Waals surface area contributed by atoms with Gasteiger partial charge in [0.15, 0.2) is 17.1 Å². The van der Waals surface area contributed by atoms with E-state index in [1.807, 2.05) is 30.3 Å². The molecular weight excluding hydrogens is 400 g/mol. The van der Waals surface area contributed by atoms with E-state index >= 15 is 0 Å². The summed E-state index contributed by atoms with van der Waals surface area (Å²) in [7, 11) is 0. The van der Waals surface area contributed by atoms with Crippen LogP contribution in [0.2, 0.25) is 0 Å². The van der Waals surface area contributed by atoms with Crippen molar-refractivity contribution in [3.05, 3.63) is 48.4 Å². The maximum Gasteiger partial charge on any atom is 0.309 e. The second-order valence-corrected chi connectivity index (χ2v) is 8.43. The van der Waals surface area contributed by atoms with Crippen LogP contribution in [0.25, 0.3) is 11.1 Å². The molecule has 1 aromatic heterocycles. The summed E-state index contributed by atoms with van der Waals surface area (Å²) >= 11 is 0. The number of carbonyl (C=O) groups excluding carboxylic acids is 1. The number of aliphatic hydroxyl groups excluding tert-OH is 1. The van der Waals surface area contributed by atoms with E-state index in [1.54, 1.807) is 17.0 Å². The van der Waals surface area contributed by atoms with E-state index in [1.165, 1.54) is 0 Å². The molecule has 1 N–H and O–H groups in total. The van der Waals surface area contributed by atoms with Crippen LogP contribution < -0.4 is 14.2 Å². The maximum atomic E-state index is 13.0. The number of para-hydroxylation sites is 2. The van der Waals surface area contributed by atoms with Crippen LogP contribution in [0.4, 0.5) is 0 Å². The number of aliphatic hydroxyl groups is 1. The molecule has 2 aromatic carbocycles. The Labute approximate surface area is 178 Å². The van der Waals surface area contributed by atoms with Gasteiger partial charge in [0.1, 0.15) is 17.4 Å². The Morgan fingerprint density at radius 3 is 2.74 bits per heavy atom. The molecule has 160 valence electrons. The third-order valence-corrected chi connectivity index (χ3v) is 6.48. The highest BCUT2D eigenvalue weighted by Gasteiger charge is 2.44. The molecule has 1 amide bonds. The number of likely N-dealkylation sites (tertiary alicyclic amines) is 1. The quantitative estimate of drug-likeness (QED) is 0.694. The first-order chi connectivity index (χ1) is 15.1. The standard InChI is InChI=1S/C23H22N2O6/c26-17-7-13-10-25(23(27)22-24-16-3-1-2-4-18(16)31-22)11-14(13)8-20(17)30-15-5-6-19-21(9-15)29-12-28-19/h1-6,9,13-14,17,20,26H,7-8,10-12H2/t13-,14+,17+,20+/m0/s1. The number of ether oxygens (including phenoxy) is 3. The van der Waals surface area contributed by atoms with Gasteiger partial charge in [-0.2, -0.15) is 0 Å². The fourth-order valence-electron chi connectivity index (χ4n) is 4.91. The fourth-order valence-corrected chi connectivity index (χ4v) is 4.91. The van der Waals surface area contributed by atoms with Gasteiger partial charge in [-0.25, -0.2) is 4.98 Å². The number of benzene rings is 2. The third-order valence-electron chi connectivity index (χ3n) is 6.48. The van der Waals surface area contributed by atoms with Crippen LogP contribution in [0, 0.1) is 11.8 Å². The van der Waals surface area contributed by atoms with Crippen molar-refractivity contribution in [1.29, 1.82) is 0 Å². The normalized spacial score (nSPS) is 26.8. The number of carbonyl (C=O) groups is 1. The molecule has 0 unspecified atom stereocenters. The van der Waals surface area contributed by atoms with Crippen molar-refractivity contribution in [3.63, 3.8) is 0 Å². The van der Waals surface area contributed by atoms with Gasteiger partial charge < -0.3 is 28.6 Å². The number of fused-ring (bicyclic) bond motifs is 3. The first kappa shape index (κ1) is 18.5. The Morgan fingerprint density at radius 2 is 1.87 bits per heavy atom. The minimum Gasteiger partial charge on any atom is -0.488 e. The Hall–Kier alpha value is -3.26. The average molecular weight is 422 g/mol.